The molecule has 4 heteroatoms. The lowest BCUT2D eigenvalue weighted by atomic mass is 10.1. The van der Waals surface area contributed by atoms with Gasteiger partial charge in [-0.1, -0.05) is 30.3 Å². The van der Waals surface area contributed by atoms with Gasteiger partial charge >= 0.3 is 0 Å². The van der Waals surface area contributed by atoms with Gasteiger partial charge in [0.15, 0.2) is 0 Å². The van der Waals surface area contributed by atoms with Crippen molar-refractivity contribution in [2.45, 2.75) is 37.9 Å². The number of rotatable bonds is 2. The Hall–Kier alpha value is -0.280. The molecule has 1 N–H and O–H groups in total. The van der Waals surface area contributed by atoms with Crippen LogP contribution in [0.25, 0.3) is 0 Å². The van der Waals surface area contributed by atoms with Gasteiger partial charge < -0.3 is 5.32 Å². The summed E-state index contributed by atoms with van der Waals surface area (Å²) in [6.45, 7) is 3.52. The Labute approximate surface area is 122 Å². The molecule has 2 atom stereocenters. The van der Waals surface area contributed by atoms with Crippen LogP contribution in [0, 0.1) is 0 Å². The van der Waals surface area contributed by atoms with Crippen LogP contribution in [0.5, 0.6) is 0 Å². The Morgan fingerprint density at radius 2 is 1.72 bits per heavy atom. The monoisotopic (exact) mass is 288 g/mol. The van der Waals surface area contributed by atoms with Crippen LogP contribution in [0.4, 0.5) is 0 Å². The largest absolute Gasteiger partial charge is 0.315 e. The van der Waals surface area contributed by atoms with Crippen LogP contribution in [0.1, 0.15) is 24.8 Å². The van der Waals surface area contributed by atoms with Crippen LogP contribution in [-0.2, 0) is 6.54 Å². The van der Waals surface area contributed by atoms with E-state index in [9.17, 15) is 0 Å². The lowest BCUT2D eigenvalue weighted by Gasteiger charge is -2.27. The van der Waals surface area contributed by atoms with Crippen LogP contribution in [0.3, 0.4) is 0 Å². The van der Waals surface area contributed by atoms with Gasteiger partial charge in [0.05, 0.1) is 0 Å². The summed E-state index contributed by atoms with van der Waals surface area (Å²) in [5.74, 6) is 0. The van der Waals surface area contributed by atoms with E-state index in [4.69, 9.17) is 0 Å². The molecule has 2 aliphatic heterocycles. The van der Waals surface area contributed by atoms with Gasteiger partial charge in [0, 0.05) is 25.2 Å². The average molecular weight is 289 g/mol. The van der Waals surface area contributed by atoms with Crippen molar-refractivity contribution in [3.8, 4) is 0 Å². The Bertz CT molecular complexity index is 331. The fourth-order valence-electron chi connectivity index (χ4n) is 3.13. The van der Waals surface area contributed by atoms with Gasteiger partial charge in [-0.05, 0) is 31.4 Å². The highest BCUT2D eigenvalue weighted by Crippen LogP contribution is 2.29. The van der Waals surface area contributed by atoms with Gasteiger partial charge in [-0.15, -0.1) is 24.8 Å². The molecule has 0 amide bonds. The molecule has 3 rings (SSSR count). The summed E-state index contributed by atoms with van der Waals surface area (Å²) in [6.07, 6.45) is 4.10. The first-order valence-corrected chi connectivity index (χ1v) is 6.44. The molecule has 0 spiro atoms. The number of hydrogen-bond acceptors (Lipinski definition) is 2. The molecule has 2 heterocycles. The zero-order valence-corrected chi connectivity index (χ0v) is 12.2. The molecule has 1 aromatic rings. The van der Waals surface area contributed by atoms with Crippen LogP contribution in [-0.4, -0.2) is 30.1 Å². The zero-order valence-electron chi connectivity index (χ0n) is 10.5. The van der Waals surface area contributed by atoms with E-state index in [2.05, 4.69) is 40.5 Å². The van der Waals surface area contributed by atoms with E-state index in [1.165, 1.54) is 37.9 Å². The molecule has 102 valence electrons. The summed E-state index contributed by atoms with van der Waals surface area (Å²) in [6, 6.07) is 12.5. The smallest absolute Gasteiger partial charge is 0.0240 e. The topological polar surface area (TPSA) is 15.3 Å². The van der Waals surface area contributed by atoms with Gasteiger partial charge in [0.1, 0.15) is 0 Å². The zero-order chi connectivity index (χ0) is 10.8. The predicted octanol–water partition coefficient (Wildman–Crippen LogP) is 2.86. The van der Waals surface area contributed by atoms with Crippen molar-refractivity contribution >= 4 is 24.8 Å². The summed E-state index contributed by atoms with van der Waals surface area (Å²) in [4.78, 5) is 2.72. The van der Waals surface area contributed by atoms with E-state index in [1.807, 2.05) is 0 Å². The lowest BCUT2D eigenvalue weighted by molar-refractivity contribution is 0.193. The molecule has 0 aliphatic carbocycles. The van der Waals surface area contributed by atoms with E-state index in [-0.39, 0.29) is 24.8 Å². The van der Waals surface area contributed by atoms with Gasteiger partial charge in [-0.3, -0.25) is 4.90 Å². The fourth-order valence-corrected chi connectivity index (χ4v) is 3.13. The summed E-state index contributed by atoms with van der Waals surface area (Å²) in [7, 11) is 0. The molecular weight excluding hydrogens is 267 g/mol. The Morgan fingerprint density at radius 1 is 1.00 bits per heavy atom. The van der Waals surface area contributed by atoms with Crippen molar-refractivity contribution in [3.63, 3.8) is 0 Å². The quantitative estimate of drug-likeness (QED) is 0.900. The number of benzene rings is 1. The Morgan fingerprint density at radius 3 is 2.50 bits per heavy atom. The van der Waals surface area contributed by atoms with E-state index >= 15 is 0 Å². The van der Waals surface area contributed by atoms with Crippen LogP contribution < -0.4 is 5.32 Å². The molecule has 2 fully saturated rings. The third-order valence-electron chi connectivity index (χ3n) is 4.01. The Kier molecular flexibility index (Phi) is 6.44. The maximum atomic E-state index is 3.55. The van der Waals surface area contributed by atoms with Crippen LogP contribution in [0.2, 0.25) is 0 Å². The maximum Gasteiger partial charge on any atom is 0.0240 e. The van der Waals surface area contributed by atoms with Crippen molar-refractivity contribution in [2.24, 2.45) is 0 Å². The molecule has 0 saturated carbocycles. The van der Waals surface area contributed by atoms with E-state index in [0.717, 1.165) is 18.6 Å². The molecule has 2 bridgehead atoms. The van der Waals surface area contributed by atoms with E-state index in [1.54, 1.807) is 0 Å². The van der Waals surface area contributed by atoms with Crippen molar-refractivity contribution in [3.05, 3.63) is 35.9 Å². The highest BCUT2D eigenvalue weighted by Gasteiger charge is 2.34. The minimum Gasteiger partial charge on any atom is -0.315 e. The average Bonchev–Trinajstić information content (AvgIpc) is 2.54. The molecule has 0 aromatic heterocycles. The molecule has 2 nitrogen and oxygen atoms in total. The summed E-state index contributed by atoms with van der Waals surface area (Å²) < 4.78 is 0. The number of halogens is 2. The minimum absolute atomic E-state index is 0. The van der Waals surface area contributed by atoms with Crippen molar-refractivity contribution in [1.29, 1.82) is 0 Å². The first-order valence-electron chi connectivity index (χ1n) is 6.44. The van der Waals surface area contributed by atoms with E-state index < -0.39 is 0 Å². The number of fused-ring (bicyclic) bond motifs is 2. The first-order chi connectivity index (χ1) is 7.93. The third-order valence-corrected chi connectivity index (χ3v) is 4.01. The summed E-state index contributed by atoms with van der Waals surface area (Å²) in [5.41, 5.74) is 1.46. The SMILES string of the molecule is Cl.Cl.c1ccc(CN2C3CCNCC2CC3)cc1. The van der Waals surface area contributed by atoms with Gasteiger partial charge in [-0.2, -0.15) is 0 Å². The van der Waals surface area contributed by atoms with Gasteiger partial charge in [0.25, 0.3) is 0 Å². The van der Waals surface area contributed by atoms with Crippen LogP contribution >= 0.6 is 24.8 Å². The second-order valence-electron chi connectivity index (χ2n) is 5.04. The third kappa shape index (κ3) is 3.39. The molecule has 0 radical (unpaired) electrons. The molecular formula is C14H22Cl2N2. The van der Waals surface area contributed by atoms with Crippen molar-refractivity contribution < 1.29 is 0 Å². The summed E-state index contributed by atoms with van der Waals surface area (Å²) >= 11 is 0. The molecule has 18 heavy (non-hydrogen) atoms. The number of nitrogens with one attached hydrogen (secondary N) is 1. The van der Waals surface area contributed by atoms with Gasteiger partial charge in [-0.25, -0.2) is 0 Å². The molecule has 2 saturated heterocycles. The molecule has 2 aliphatic rings. The van der Waals surface area contributed by atoms with Crippen molar-refractivity contribution in [2.75, 3.05) is 13.1 Å². The highest BCUT2D eigenvalue weighted by atomic mass is 35.5. The number of hydrogen-bond donors (Lipinski definition) is 1. The fraction of sp³-hybridized carbons (Fsp3) is 0.571. The molecule has 2 unspecified atom stereocenters. The van der Waals surface area contributed by atoms with Gasteiger partial charge in [0.2, 0.25) is 0 Å². The predicted molar refractivity (Wildman–Crippen MR) is 80.8 cm³/mol. The lowest BCUT2D eigenvalue weighted by Crippen LogP contribution is -2.37. The maximum absolute atomic E-state index is 3.55. The second-order valence-corrected chi connectivity index (χ2v) is 5.04. The first kappa shape index (κ1) is 15.8. The Balaban J connectivity index is 0.000000810. The molecule has 1 aromatic carbocycles. The van der Waals surface area contributed by atoms with Crippen LogP contribution in [0.15, 0.2) is 30.3 Å². The van der Waals surface area contributed by atoms with Crippen molar-refractivity contribution in [1.82, 2.24) is 10.2 Å². The second kappa shape index (κ2) is 7.34. The minimum atomic E-state index is 0. The highest BCUT2D eigenvalue weighted by molar-refractivity contribution is 5.85. The normalized spacial score (nSPS) is 26.9. The standard InChI is InChI=1S/C14H20N2.2ClH/c1-2-4-12(5-3-1)11-16-13-6-7-14(16)10-15-9-8-13;;/h1-5,13-15H,6-11H2;2*1H. The summed E-state index contributed by atoms with van der Waals surface area (Å²) in [5, 5.41) is 3.55. The van der Waals surface area contributed by atoms with E-state index in [0.29, 0.717) is 0 Å². The number of nitrogens with zero attached hydrogens (tertiary/aromatic N) is 1.